The third-order valence-corrected chi connectivity index (χ3v) is 7.33. The fourth-order valence-corrected chi connectivity index (χ4v) is 5.21. The Morgan fingerprint density at radius 1 is 0.974 bits per heavy atom. The first-order valence-corrected chi connectivity index (χ1v) is 12.6. The van der Waals surface area contributed by atoms with Crippen molar-refractivity contribution in [2.24, 2.45) is 0 Å². The lowest BCUT2D eigenvalue weighted by Gasteiger charge is -2.48. The summed E-state index contributed by atoms with van der Waals surface area (Å²) in [6.07, 6.45) is 1.69. The first-order chi connectivity index (χ1) is 18.4. The Labute approximate surface area is 219 Å². The number of nitrogen functional groups attached to an aromatic ring is 1. The number of nitrogens with one attached hydrogen (secondary N) is 1. The summed E-state index contributed by atoms with van der Waals surface area (Å²) < 4.78 is 12.9. The highest BCUT2D eigenvalue weighted by Gasteiger charge is 2.26. The van der Waals surface area contributed by atoms with E-state index in [4.69, 9.17) is 5.73 Å². The predicted octanol–water partition coefficient (Wildman–Crippen LogP) is 5.66. The largest absolute Gasteiger partial charge is 0.632 e. The van der Waals surface area contributed by atoms with Gasteiger partial charge in [0.1, 0.15) is 23.9 Å². The number of nitrogens with zero attached hydrogens (tertiary/aromatic N) is 3. The molecule has 0 saturated carbocycles. The van der Waals surface area contributed by atoms with Crippen LogP contribution in [0, 0.1) is 11.0 Å². The number of fused-ring (bicyclic) bond motifs is 1. The van der Waals surface area contributed by atoms with E-state index in [2.05, 4.69) is 14.9 Å². The van der Waals surface area contributed by atoms with Gasteiger partial charge in [0.25, 0.3) is 0 Å². The zero-order chi connectivity index (χ0) is 26.3. The van der Waals surface area contributed by atoms with Crippen LogP contribution in [0.4, 0.5) is 15.9 Å². The van der Waals surface area contributed by atoms with Crippen molar-refractivity contribution in [3.05, 3.63) is 102 Å². The van der Waals surface area contributed by atoms with E-state index in [1.807, 2.05) is 48.5 Å². The van der Waals surface area contributed by atoms with Crippen LogP contribution in [0.25, 0.3) is 33.3 Å². The molecule has 1 saturated heterocycles. The van der Waals surface area contributed by atoms with Gasteiger partial charge < -0.3 is 30.6 Å². The molecule has 0 amide bonds. The molecule has 0 spiro atoms. The van der Waals surface area contributed by atoms with Gasteiger partial charge in [0.2, 0.25) is 0 Å². The molecule has 5 aromatic rings. The number of pyridine rings is 1. The molecule has 0 radical (unpaired) electrons. The first kappa shape index (κ1) is 24.0. The molecule has 0 aliphatic carbocycles. The van der Waals surface area contributed by atoms with E-state index in [0.717, 1.165) is 39.0 Å². The molecule has 0 unspecified atom stereocenters. The molecule has 38 heavy (non-hydrogen) atoms. The van der Waals surface area contributed by atoms with Crippen molar-refractivity contribution in [2.75, 3.05) is 36.8 Å². The van der Waals surface area contributed by atoms with Gasteiger partial charge in [-0.25, -0.2) is 9.37 Å². The SMILES string of the molecule is Nc1cc2cc(-c3cccc(-c4ccc(N5CC[N+]([O-])(Cc6ccc(F)cc6)CC5)cc4)c3O)[nH]c2cn1. The number of hydroxylamine groups is 3. The number of hydrogen-bond donors (Lipinski definition) is 3. The fourth-order valence-electron chi connectivity index (χ4n) is 5.21. The Hall–Kier alpha value is -4.40. The molecule has 192 valence electrons. The van der Waals surface area contributed by atoms with Gasteiger partial charge in [-0.1, -0.05) is 36.4 Å². The van der Waals surface area contributed by atoms with Crippen molar-refractivity contribution in [3.8, 4) is 28.1 Å². The van der Waals surface area contributed by atoms with Gasteiger partial charge in [0, 0.05) is 27.8 Å². The minimum Gasteiger partial charge on any atom is -0.632 e. The van der Waals surface area contributed by atoms with Gasteiger partial charge in [-0.3, -0.25) is 0 Å². The average molecular weight is 510 g/mol. The Bertz CT molecular complexity index is 1590. The van der Waals surface area contributed by atoms with E-state index < -0.39 is 0 Å². The number of para-hydroxylation sites is 1. The number of quaternary nitrogens is 1. The number of phenolic OH excluding ortho intramolecular Hbond substituents is 1. The lowest BCUT2D eigenvalue weighted by molar-refractivity contribution is -0.894. The van der Waals surface area contributed by atoms with E-state index in [0.29, 0.717) is 44.1 Å². The standard InChI is InChI=1S/C30H28FN5O2/c31-23-8-4-20(5-9-23)19-36(38)14-12-35(13-15-36)24-10-6-21(7-11-24)25-2-1-3-26(30(25)37)27-16-22-17-29(32)33-18-28(22)34-27/h1-11,16-18,34,37H,12-15,19H2,(H2,32,33). The lowest BCUT2D eigenvalue weighted by Crippen LogP contribution is -2.55. The molecule has 1 fully saturated rings. The van der Waals surface area contributed by atoms with E-state index in [9.17, 15) is 14.7 Å². The van der Waals surface area contributed by atoms with Crippen LogP contribution < -0.4 is 10.6 Å². The molecule has 2 aromatic heterocycles. The quantitative estimate of drug-likeness (QED) is 0.210. The number of nitrogens with two attached hydrogens (primary N) is 1. The zero-order valence-electron chi connectivity index (χ0n) is 20.8. The molecule has 6 rings (SSSR count). The molecule has 0 bridgehead atoms. The highest BCUT2D eigenvalue weighted by atomic mass is 19.1. The van der Waals surface area contributed by atoms with Crippen LogP contribution in [0.3, 0.4) is 0 Å². The third kappa shape index (κ3) is 4.67. The number of hydrogen-bond acceptors (Lipinski definition) is 5. The zero-order valence-corrected chi connectivity index (χ0v) is 20.8. The highest BCUT2D eigenvalue weighted by Crippen LogP contribution is 2.39. The molecule has 1 aliphatic heterocycles. The minimum absolute atomic E-state index is 0.194. The summed E-state index contributed by atoms with van der Waals surface area (Å²) in [5.41, 5.74) is 11.7. The predicted molar refractivity (Wildman–Crippen MR) is 149 cm³/mol. The maximum atomic E-state index is 13.2. The van der Waals surface area contributed by atoms with Gasteiger partial charge in [-0.15, -0.1) is 0 Å². The second-order valence-corrected chi connectivity index (χ2v) is 9.91. The summed E-state index contributed by atoms with van der Waals surface area (Å²) >= 11 is 0. The molecular formula is C30H28FN5O2. The number of aromatic amines is 1. The van der Waals surface area contributed by atoms with Crippen LogP contribution in [-0.4, -0.2) is 45.9 Å². The molecule has 8 heteroatoms. The van der Waals surface area contributed by atoms with E-state index in [1.54, 1.807) is 24.4 Å². The summed E-state index contributed by atoms with van der Waals surface area (Å²) in [4.78, 5) is 9.65. The van der Waals surface area contributed by atoms with Crippen LogP contribution in [-0.2, 0) is 6.54 Å². The van der Waals surface area contributed by atoms with Crippen molar-refractivity contribution in [3.63, 3.8) is 0 Å². The smallest absolute Gasteiger partial charge is 0.132 e. The van der Waals surface area contributed by atoms with E-state index in [1.165, 1.54) is 12.1 Å². The van der Waals surface area contributed by atoms with Crippen molar-refractivity contribution in [1.29, 1.82) is 0 Å². The number of piperazine rings is 1. The maximum absolute atomic E-state index is 13.2. The number of aromatic hydroxyl groups is 1. The molecule has 7 nitrogen and oxygen atoms in total. The average Bonchev–Trinajstić information content (AvgIpc) is 3.34. The van der Waals surface area contributed by atoms with Gasteiger partial charge in [-0.05, 0) is 48.0 Å². The van der Waals surface area contributed by atoms with Gasteiger partial charge in [0.15, 0.2) is 0 Å². The number of H-pyrrole nitrogens is 1. The molecule has 0 atom stereocenters. The minimum atomic E-state index is -0.308. The normalized spacial score (nSPS) is 15.2. The number of benzene rings is 3. The third-order valence-electron chi connectivity index (χ3n) is 7.33. The van der Waals surface area contributed by atoms with E-state index >= 15 is 0 Å². The maximum Gasteiger partial charge on any atom is 0.132 e. The van der Waals surface area contributed by atoms with Crippen molar-refractivity contribution in [1.82, 2.24) is 9.97 Å². The van der Waals surface area contributed by atoms with Gasteiger partial charge in [0.05, 0.1) is 43.6 Å². The summed E-state index contributed by atoms with van der Waals surface area (Å²) in [5.74, 6) is 0.350. The van der Waals surface area contributed by atoms with Gasteiger partial charge >= 0.3 is 0 Å². The molecular weight excluding hydrogens is 481 g/mol. The molecule has 3 aromatic carbocycles. The van der Waals surface area contributed by atoms with Crippen LogP contribution in [0.5, 0.6) is 5.75 Å². The van der Waals surface area contributed by atoms with Crippen molar-refractivity contribution < 1.29 is 14.1 Å². The summed E-state index contributed by atoms with van der Waals surface area (Å²) in [7, 11) is 0. The summed E-state index contributed by atoms with van der Waals surface area (Å²) in [5, 5.41) is 25.3. The Balaban J connectivity index is 1.17. The van der Waals surface area contributed by atoms with Crippen LogP contribution in [0.2, 0.25) is 0 Å². The van der Waals surface area contributed by atoms with Crippen LogP contribution in [0.1, 0.15) is 5.56 Å². The Morgan fingerprint density at radius 2 is 1.68 bits per heavy atom. The number of phenols is 1. The van der Waals surface area contributed by atoms with Crippen LogP contribution in [0.15, 0.2) is 85.1 Å². The fraction of sp³-hybridized carbons (Fsp3) is 0.167. The van der Waals surface area contributed by atoms with Gasteiger partial charge in [-0.2, -0.15) is 0 Å². The second kappa shape index (κ2) is 9.48. The number of halogens is 1. The Morgan fingerprint density at radius 3 is 2.42 bits per heavy atom. The first-order valence-electron chi connectivity index (χ1n) is 12.6. The number of aromatic nitrogens is 2. The topological polar surface area (TPSA) is 101 Å². The van der Waals surface area contributed by atoms with E-state index in [-0.39, 0.29) is 16.2 Å². The molecule has 3 heterocycles. The monoisotopic (exact) mass is 509 g/mol. The van der Waals surface area contributed by atoms with Crippen LogP contribution >= 0.6 is 0 Å². The second-order valence-electron chi connectivity index (χ2n) is 9.91. The summed E-state index contributed by atoms with van der Waals surface area (Å²) in [6.45, 7) is 2.57. The highest BCUT2D eigenvalue weighted by molar-refractivity contribution is 5.90. The number of anilines is 2. The lowest BCUT2D eigenvalue weighted by atomic mass is 9.99. The Kier molecular flexibility index (Phi) is 5.98. The number of rotatable bonds is 5. The molecule has 1 aliphatic rings. The van der Waals surface area contributed by atoms with Crippen molar-refractivity contribution in [2.45, 2.75) is 6.54 Å². The summed E-state index contributed by atoms with van der Waals surface area (Å²) in [6, 6.07) is 23.7. The van der Waals surface area contributed by atoms with Crippen molar-refractivity contribution >= 4 is 22.4 Å². The molecule has 4 N–H and O–H groups in total.